The molecule has 2 atom stereocenters. The minimum Gasteiger partial charge on any atom is -0.480 e. The Kier molecular flexibility index (Phi) is 3.87. The van der Waals surface area contributed by atoms with Gasteiger partial charge in [0.15, 0.2) is 5.82 Å². The molecule has 0 spiro atoms. The quantitative estimate of drug-likeness (QED) is 0.702. The first-order valence-corrected chi connectivity index (χ1v) is 6.01. The Morgan fingerprint density at radius 3 is 3.00 bits per heavy atom. The molecule has 1 aliphatic rings. The molecule has 18 heavy (non-hydrogen) atoms. The molecule has 0 bridgehead atoms. The molecular formula is C10H17N5O3. The first kappa shape index (κ1) is 12.9. The molecule has 0 aromatic carbocycles. The Bertz CT molecular complexity index is 421. The lowest BCUT2D eigenvalue weighted by atomic mass is 10.2. The lowest BCUT2D eigenvalue weighted by Crippen LogP contribution is -2.36. The molecule has 2 rings (SSSR count). The van der Waals surface area contributed by atoms with Crippen molar-refractivity contribution < 1.29 is 15.0 Å². The summed E-state index contributed by atoms with van der Waals surface area (Å²) in [5.74, 6) is -0.279. The summed E-state index contributed by atoms with van der Waals surface area (Å²) in [7, 11) is 0. The van der Waals surface area contributed by atoms with Crippen molar-refractivity contribution in [2.45, 2.75) is 45.0 Å². The molecule has 0 amide bonds. The van der Waals surface area contributed by atoms with Crippen molar-refractivity contribution in [1.82, 2.24) is 25.1 Å². The van der Waals surface area contributed by atoms with Gasteiger partial charge < -0.3 is 10.2 Å². The predicted molar refractivity (Wildman–Crippen MR) is 60.6 cm³/mol. The zero-order valence-corrected chi connectivity index (χ0v) is 10.2. The second-order valence-electron chi connectivity index (χ2n) is 4.49. The Balaban J connectivity index is 2.07. The number of carboxylic acid groups (broad SMARTS) is 1. The van der Waals surface area contributed by atoms with E-state index in [1.807, 2.05) is 6.92 Å². The molecule has 1 aromatic heterocycles. The molecular weight excluding hydrogens is 238 g/mol. The van der Waals surface area contributed by atoms with Crippen LogP contribution in [-0.4, -0.2) is 60.0 Å². The van der Waals surface area contributed by atoms with E-state index in [0.717, 1.165) is 6.42 Å². The number of carbonyl (C=O) groups is 1. The minimum atomic E-state index is -0.916. The third-order valence-electron chi connectivity index (χ3n) is 3.05. The summed E-state index contributed by atoms with van der Waals surface area (Å²) in [5.41, 5.74) is 0. The van der Waals surface area contributed by atoms with Crippen LogP contribution in [0.1, 0.15) is 25.6 Å². The van der Waals surface area contributed by atoms with Crippen LogP contribution >= 0.6 is 0 Å². The maximum absolute atomic E-state index is 11.1. The van der Waals surface area contributed by atoms with Gasteiger partial charge in [-0.25, -0.2) is 4.68 Å². The molecule has 0 radical (unpaired) electrons. The summed E-state index contributed by atoms with van der Waals surface area (Å²) in [6.45, 7) is 3.42. The fourth-order valence-electron chi connectivity index (χ4n) is 2.21. The van der Waals surface area contributed by atoms with Gasteiger partial charge in [0.05, 0.1) is 12.6 Å². The number of hydrogen-bond donors (Lipinski definition) is 2. The van der Waals surface area contributed by atoms with Crippen LogP contribution < -0.4 is 0 Å². The Morgan fingerprint density at radius 1 is 1.56 bits per heavy atom. The van der Waals surface area contributed by atoms with Crippen molar-refractivity contribution in [3.05, 3.63) is 5.82 Å². The third kappa shape index (κ3) is 2.65. The molecule has 1 saturated heterocycles. The number of carboxylic acids is 1. The van der Waals surface area contributed by atoms with Crippen LogP contribution in [0.15, 0.2) is 0 Å². The number of tetrazole rings is 1. The van der Waals surface area contributed by atoms with Gasteiger partial charge in [-0.05, 0) is 16.8 Å². The number of β-amino-alcohol motifs (C(OH)–C–C–N with tert-alkyl or cyclic N) is 1. The molecule has 2 heterocycles. The summed E-state index contributed by atoms with van der Waals surface area (Å²) in [6.07, 6.45) is 0.565. The molecule has 1 aromatic rings. The highest BCUT2D eigenvalue weighted by Crippen LogP contribution is 2.20. The molecule has 100 valence electrons. The average molecular weight is 255 g/mol. The van der Waals surface area contributed by atoms with Crippen LogP contribution in [0.25, 0.3) is 0 Å². The lowest BCUT2D eigenvalue weighted by Gasteiger charge is -2.19. The molecule has 0 aliphatic carbocycles. The minimum absolute atomic E-state index is 0.255. The van der Waals surface area contributed by atoms with Gasteiger partial charge in [-0.2, -0.15) is 0 Å². The summed E-state index contributed by atoms with van der Waals surface area (Å²) in [6, 6.07) is -0.660. The SMILES string of the molecule is CCCn1nnnc1CN1CC(O)CC1C(=O)O. The number of aromatic nitrogens is 4. The highest BCUT2D eigenvalue weighted by atomic mass is 16.4. The number of aliphatic hydroxyl groups excluding tert-OH is 1. The summed E-state index contributed by atoms with van der Waals surface area (Å²) in [5, 5.41) is 30.0. The van der Waals surface area contributed by atoms with E-state index in [2.05, 4.69) is 15.5 Å². The van der Waals surface area contributed by atoms with Gasteiger partial charge in [-0.3, -0.25) is 9.69 Å². The van der Waals surface area contributed by atoms with Gasteiger partial charge in [0, 0.05) is 19.5 Å². The van der Waals surface area contributed by atoms with E-state index in [-0.39, 0.29) is 6.42 Å². The van der Waals surface area contributed by atoms with Crippen LogP contribution in [0.2, 0.25) is 0 Å². The zero-order valence-electron chi connectivity index (χ0n) is 10.2. The fraction of sp³-hybridized carbons (Fsp3) is 0.800. The van der Waals surface area contributed by atoms with E-state index in [1.54, 1.807) is 9.58 Å². The molecule has 0 saturated carbocycles. The summed E-state index contributed by atoms with van der Waals surface area (Å²) >= 11 is 0. The first-order valence-electron chi connectivity index (χ1n) is 6.01. The van der Waals surface area contributed by atoms with E-state index in [1.165, 1.54) is 0 Å². The highest BCUT2D eigenvalue weighted by Gasteiger charge is 2.36. The number of likely N-dealkylation sites (tertiary alicyclic amines) is 1. The summed E-state index contributed by atoms with van der Waals surface area (Å²) in [4.78, 5) is 12.8. The fourth-order valence-corrected chi connectivity index (χ4v) is 2.21. The Morgan fingerprint density at radius 2 is 2.33 bits per heavy atom. The van der Waals surface area contributed by atoms with Gasteiger partial charge in [-0.1, -0.05) is 6.92 Å². The maximum Gasteiger partial charge on any atom is 0.321 e. The Hall–Kier alpha value is -1.54. The van der Waals surface area contributed by atoms with E-state index < -0.39 is 18.1 Å². The molecule has 1 fully saturated rings. The van der Waals surface area contributed by atoms with Crippen molar-refractivity contribution in [2.24, 2.45) is 0 Å². The van der Waals surface area contributed by atoms with Gasteiger partial charge in [-0.15, -0.1) is 5.10 Å². The van der Waals surface area contributed by atoms with Crippen LogP contribution in [0.3, 0.4) is 0 Å². The van der Waals surface area contributed by atoms with Crippen molar-refractivity contribution >= 4 is 5.97 Å². The second-order valence-corrected chi connectivity index (χ2v) is 4.49. The second kappa shape index (κ2) is 5.40. The van der Waals surface area contributed by atoms with Crippen molar-refractivity contribution in [2.75, 3.05) is 6.54 Å². The lowest BCUT2D eigenvalue weighted by molar-refractivity contribution is -0.142. The number of nitrogens with zero attached hydrogens (tertiary/aromatic N) is 5. The largest absolute Gasteiger partial charge is 0.480 e. The van der Waals surface area contributed by atoms with Crippen molar-refractivity contribution in [3.8, 4) is 0 Å². The van der Waals surface area contributed by atoms with Crippen molar-refractivity contribution in [3.63, 3.8) is 0 Å². The highest BCUT2D eigenvalue weighted by molar-refractivity contribution is 5.74. The number of aryl methyl sites for hydroxylation is 1. The zero-order chi connectivity index (χ0) is 13.1. The van der Waals surface area contributed by atoms with E-state index in [4.69, 9.17) is 5.11 Å². The van der Waals surface area contributed by atoms with Crippen LogP contribution in [0.5, 0.6) is 0 Å². The smallest absolute Gasteiger partial charge is 0.321 e. The number of hydrogen-bond acceptors (Lipinski definition) is 6. The van der Waals surface area contributed by atoms with Crippen LogP contribution in [-0.2, 0) is 17.9 Å². The van der Waals surface area contributed by atoms with E-state index in [9.17, 15) is 9.90 Å². The average Bonchev–Trinajstić information content (AvgIpc) is 2.87. The van der Waals surface area contributed by atoms with Gasteiger partial charge >= 0.3 is 5.97 Å². The van der Waals surface area contributed by atoms with Crippen LogP contribution in [0.4, 0.5) is 0 Å². The number of aliphatic carboxylic acids is 1. The first-order chi connectivity index (χ1) is 8.61. The number of rotatable bonds is 5. The topological polar surface area (TPSA) is 104 Å². The third-order valence-corrected chi connectivity index (χ3v) is 3.05. The molecule has 8 nitrogen and oxygen atoms in total. The van der Waals surface area contributed by atoms with Crippen molar-refractivity contribution in [1.29, 1.82) is 0 Å². The normalized spacial score (nSPS) is 24.6. The standard InChI is InChI=1S/C10H17N5O3/c1-2-3-15-9(11-12-13-15)6-14-5-7(16)4-8(14)10(17)18/h7-8,16H,2-6H2,1H3,(H,17,18). The van der Waals surface area contributed by atoms with E-state index >= 15 is 0 Å². The van der Waals surface area contributed by atoms with Crippen LogP contribution in [0, 0.1) is 0 Å². The predicted octanol–water partition coefficient (Wildman–Crippen LogP) is -0.897. The molecule has 1 aliphatic heterocycles. The van der Waals surface area contributed by atoms with E-state index in [0.29, 0.717) is 25.5 Å². The maximum atomic E-state index is 11.1. The number of aliphatic hydroxyl groups is 1. The summed E-state index contributed by atoms with van der Waals surface area (Å²) < 4.78 is 1.67. The molecule has 2 unspecified atom stereocenters. The Labute approximate surface area is 104 Å². The van der Waals surface area contributed by atoms with Gasteiger partial charge in [0.1, 0.15) is 6.04 Å². The molecule has 8 heteroatoms. The van der Waals surface area contributed by atoms with Gasteiger partial charge in [0.2, 0.25) is 0 Å². The van der Waals surface area contributed by atoms with Gasteiger partial charge in [0.25, 0.3) is 0 Å². The monoisotopic (exact) mass is 255 g/mol. The molecule has 2 N–H and O–H groups in total.